The fourth-order valence-electron chi connectivity index (χ4n) is 8.29. The Morgan fingerprint density at radius 1 is 0.435 bits per heavy atom. The van der Waals surface area contributed by atoms with E-state index in [1.54, 1.807) is 0 Å². The van der Waals surface area contributed by atoms with E-state index in [0.717, 1.165) is 17.1 Å². The van der Waals surface area contributed by atoms with Crippen LogP contribution in [0.2, 0.25) is 0 Å². The second-order valence-electron chi connectivity index (χ2n) is 13.3. The van der Waals surface area contributed by atoms with E-state index < -0.39 is 0 Å². The summed E-state index contributed by atoms with van der Waals surface area (Å²) in [5.74, 6) is 1.83. The van der Waals surface area contributed by atoms with E-state index in [1.807, 2.05) is 6.07 Å². The summed E-state index contributed by atoms with van der Waals surface area (Å²) in [7, 11) is 0. The summed E-state index contributed by atoms with van der Waals surface area (Å²) in [6.45, 7) is 4.81. The lowest BCUT2D eigenvalue weighted by Crippen LogP contribution is -2.15. The lowest BCUT2D eigenvalue weighted by atomic mass is 9.78. The third-order valence-corrected chi connectivity index (χ3v) is 10.4. The highest BCUT2D eigenvalue weighted by Crippen LogP contribution is 2.56. The molecule has 8 aromatic carbocycles. The van der Waals surface area contributed by atoms with Crippen molar-refractivity contribution < 1.29 is 4.74 Å². The quantitative estimate of drug-likeness (QED) is 0.196. The molecule has 10 rings (SSSR count). The number of hydrogen-bond acceptors (Lipinski definition) is 1. The molecule has 0 unspecified atom stereocenters. The zero-order chi connectivity index (χ0) is 30.6. The van der Waals surface area contributed by atoms with E-state index in [2.05, 4.69) is 153 Å². The van der Waals surface area contributed by atoms with Crippen LogP contribution in [0.4, 0.5) is 0 Å². The molecule has 46 heavy (non-hydrogen) atoms. The minimum atomic E-state index is -0.179. The molecule has 0 aromatic heterocycles. The summed E-state index contributed by atoms with van der Waals surface area (Å²) in [5.41, 5.74) is 12.7. The molecule has 2 aliphatic rings. The van der Waals surface area contributed by atoms with E-state index in [0.29, 0.717) is 0 Å². The zero-order valence-electron chi connectivity index (χ0n) is 25.8. The fourth-order valence-corrected chi connectivity index (χ4v) is 8.29. The Morgan fingerprint density at radius 2 is 1.15 bits per heavy atom. The maximum Gasteiger partial charge on any atom is 0.135 e. The Labute approximate surface area is 268 Å². The highest BCUT2D eigenvalue weighted by molar-refractivity contribution is 6.11. The van der Waals surface area contributed by atoms with Crippen LogP contribution < -0.4 is 4.74 Å². The van der Waals surface area contributed by atoms with Gasteiger partial charge in [0.05, 0.1) is 0 Å². The minimum Gasteiger partial charge on any atom is -0.456 e. The Hall–Kier alpha value is -5.66. The van der Waals surface area contributed by atoms with Gasteiger partial charge in [0.15, 0.2) is 0 Å². The summed E-state index contributed by atoms with van der Waals surface area (Å²) in [6.07, 6.45) is 0. The average Bonchev–Trinajstić information content (AvgIpc) is 3.34. The topological polar surface area (TPSA) is 9.23 Å². The fraction of sp³-hybridized carbons (Fsp3) is 0.0667. The van der Waals surface area contributed by atoms with Gasteiger partial charge in [-0.25, -0.2) is 0 Å². The Bertz CT molecular complexity index is 2590. The van der Waals surface area contributed by atoms with Crippen molar-refractivity contribution in [3.8, 4) is 56.0 Å². The SMILES string of the molecule is CC1(C)c2cc(-c3ccc4c5c(cccc35)-c3ccccc3O4)cc(-c3ccc4ccccc4c3)c2-c2ccc3ccccc3c21. The van der Waals surface area contributed by atoms with Crippen molar-refractivity contribution in [3.05, 3.63) is 157 Å². The van der Waals surface area contributed by atoms with E-state index >= 15 is 0 Å². The predicted octanol–water partition coefficient (Wildman–Crippen LogP) is 12.6. The van der Waals surface area contributed by atoms with E-state index in [-0.39, 0.29) is 5.41 Å². The Kier molecular flexibility index (Phi) is 5.12. The van der Waals surface area contributed by atoms with E-state index in [4.69, 9.17) is 4.74 Å². The molecule has 0 saturated carbocycles. The first-order valence-electron chi connectivity index (χ1n) is 16.1. The van der Waals surface area contributed by atoms with Crippen LogP contribution in [-0.4, -0.2) is 0 Å². The highest BCUT2D eigenvalue weighted by atomic mass is 16.5. The molecule has 0 spiro atoms. The molecule has 0 bridgehead atoms. The smallest absolute Gasteiger partial charge is 0.135 e. The number of ether oxygens (including phenoxy) is 1. The summed E-state index contributed by atoms with van der Waals surface area (Å²) in [5, 5.41) is 7.54. The van der Waals surface area contributed by atoms with Crippen molar-refractivity contribution in [2.24, 2.45) is 0 Å². The molecule has 0 amide bonds. The van der Waals surface area contributed by atoms with Crippen LogP contribution in [0.1, 0.15) is 25.0 Å². The molecule has 1 nitrogen and oxygen atoms in total. The third-order valence-electron chi connectivity index (χ3n) is 10.4. The number of para-hydroxylation sites is 1. The molecule has 216 valence electrons. The van der Waals surface area contributed by atoms with Crippen LogP contribution >= 0.6 is 0 Å². The highest BCUT2D eigenvalue weighted by Gasteiger charge is 2.39. The second-order valence-corrected chi connectivity index (χ2v) is 13.3. The van der Waals surface area contributed by atoms with Crippen molar-refractivity contribution in [1.29, 1.82) is 0 Å². The van der Waals surface area contributed by atoms with Gasteiger partial charge in [-0.2, -0.15) is 0 Å². The standard InChI is InChI=1S/C45H30O/c1-45(2)39-26-31(32-22-23-41-43-35(32)15-9-16-36(43)34-14-7-8-17-40(34)46-41)25-38(30-19-18-27-10-3-4-12-29(27)24-30)42(39)37-21-20-28-11-5-6-13-33(28)44(37)45/h3-26H,1-2H3. The molecule has 8 aromatic rings. The van der Waals surface area contributed by atoms with Crippen molar-refractivity contribution >= 4 is 32.3 Å². The molecule has 0 saturated heterocycles. The molecule has 1 aliphatic heterocycles. The van der Waals surface area contributed by atoms with Gasteiger partial charge in [0.1, 0.15) is 11.5 Å². The third kappa shape index (κ3) is 3.46. The van der Waals surface area contributed by atoms with E-state index in [1.165, 1.54) is 82.4 Å². The monoisotopic (exact) mass is 586 g/mol. The maximum atomic E-state index is 6.46. The first-order chi connectivity index (χ1) is 22.6. The number of benzene rings is 8. The number of fused-ring (bicyclic) bond motifs is 8. The molecular weight excluding hydrogens is 556 g/mol. The van der Waals surface area contributed by atoms with Crippen LogP contribution in [0.25, 0.3) is 76.8 Å². The lowest BCUT2D eigenvalue weighted by Gasteiger charge is -2.25. The van der Waals surface area contributed by atoms with Gasteiger partial charge < -0.3 is 4.74 Å². The van der Waals surface area contributed by atoms with Crippen LogP contribution in [0.5, 0.6) is 11.5 Å². The molecule has 1 aliphatic carbocycles. The normalized spacial score (nSPS) is 13.8. The largest absolute Gasteiger partial charge is 0.456 e. The van der Waals surface area contributed by atoms with Crippen LogP contribution in [-0.2, 0) is 5.41 Å². The van der Waals surface area contributed by atoms with Gasteiger partial charge >= 0.3 is 0 Å². The van der Waals surface area contributed by atoms with Gasteiger partial charge in [-0.15, -0.1) is 0 Å². The van der Waals surface area contributed by atoms with Gasteiger partial charge in [0, 0.05) is 16.4 Å². The van der Waals surface area contributed by atoms with Crippen LogP contribution in [0, 0.1) is 0 Å². The summed E-state index contributed by atoms with van der Waals surface area (Å²) < 4.78 is 6.46. The molecule has 0 radical (unpaired) electrons. The Morgan fingerprint density at radius 3 is 2.07 bits per heavy atom. The average molecular weight is 587 g/mol. The minimum absolute atomic E-state index is 0.179. The van der Waals surface area contributed by atoms with Crippen molar-refractivity contribution in [1.82, 2.24) is 0 Å². The van der Waals surface area contributed by atoms with Crippen molar-refractivity contribution in [2.45, 2.75) is 19.3 Å². The first-order valence-corrected chi connectivity index (χ1v) is 16.1. The van der Waals surface area contributed by atoms with Gasteiger partial charge in [-0.05, 0) is 107 Å². The summed E-state index contributed by atoms with van der Waals surface area (Å²) in [4.78, 5) is 0. The molecule has 0 atom stereocenters. The lowest BCUT2D eigenvalue weighted by molar-refractivity contribution is 0.487. The molecule has 0 N–H and O–H groups in total. The second kappa shape index (κ2) is 9.19. The molecule has 1 heteroatoms. The summed E-state index contributed by atoms with van der Waals surface area (Å²) >= 11 is 0. The van der Waals surface area contributed by atoms with Crippen LogP contribution in [0.15, 0.2) is 146 Å². The molecular formula is C45H30O. The van der Waals surface area contributed by atoms with Crippen molar-refractivity contribution in [2.75, 3.05) is 0 Å². The van der Waals surface area contributed by atoms with Gasteiger partial charge in [-0.1, -0.05) is 129 Å². The van der Waals surface area contributed by atoms with E-state index in [9.17, 15) is 0 Å². The zero-order valence-corrected chi connectivity index (χ0v) is 25.8. The van der Waals surface area contributed by atoms with Gasteiger partial charge in [-0.3, -0.25) is 0 Å². The molecule has 1 heterocycles. The maximum absolute atomic E-state index is 6.46. The van der Waals surface area contributed by atoms with Gasteiger partial charge in [0.2, 0.25) is 0 Å². The first kappa shape index (κ1) is 25.6. The number of rotatable bonds is 2. The predicted molar refractivity (Wildman–Crippen MR) is 193 cm³/mol. The Balaban J connectivity index is 1.29. The van der Waals surface area contributed by atoms with Gasteiger partial charge in [0.25, 0.3) is 0 Å². The molecule has 0 fully saturated rings. The van der Waals surface area contributed by atoms with Crippen molar-refractivity contribution in [3.63, 3.8) is 0 Å². The number of hydrogen-bond donors (Lipinski definition) is 0. The van der Waals surface area contributed by atoms with Crippen LogP contribution in [0.3, 0.4) is 0 Å². The summed E-state index contributed by atoms with van der Waals surface area (Å²) in [6, 6.07) is 53.4.